The van der Waals surface area contributed by atoms with Crippen molar-refractivity contribution in [3.05, 3.63) is 11.3 Å². The summed E-state index contributed by atoms with van der Waals surface area (Å²) >= 11 is 5.24. The highest BCUT2D eigenvalue weighted by Crippen LogP contribution is 2.06. The predicted molar refractivity (Wildman–Crippen MR) is 25.8 cm³/mol. The molecule has 0 atom stereocenters. The topological polar surface area (TPSA) is 18.5 Å². The zero-order valence-corrected chi connectivity index (χ0v) is 4.44. The molecule has 0 amide bonds. The first-order valence-corrected chi connectivity index (χ1v) is 2.37. The lowest BCUT2D eigenvalue weighted by Gasteiger charge is -1.86. The summed E-state index contributed by atoms with van der Waals surface area (Å²) in [6, 6.07) is 0. The molecule has 2 nitrogen and oxygen atoms in total. The minimum atomic E-state index is 0.346. The van der Waals surface area contributed by atoms with Gasteiger partial charge in [-0.15, -0.1) is 0 Å². The number of ether oxygens (including phenoxy) is 2. The summed E-state index contributed by atoms with van der Waals surface area (Å²) in [6.45, 7) is 0.863. The van der Waals surface area contributed by atoms with Gasteiger partial charge in [0.1, 0.15) is 12.4 Å². The van der Waals surface area contributed by atoms with Gasteiger partial charge >= 0.3 is 0 Å². The van der Waals surface area contributed by atoms with E-state index >= 15 is 0 Å². The van der Waals surface area contributed by atoms with Crippen molar-refractivity contribution in [2.24, 2.45) is 0 Å². The van der Waals surface area contributed by atoms with Crippen LogP contribution in [0.1, 0.15) is 0 Å². The summed E-state index contributed by atoms with van der Waals surface area (Å²) in [5, 5.41) is 0. The van der Waals surface area contributed by atoms with Gasteiger partial charge in [0.2, 0.25) is 0 Å². The molecule has 0 saturated carbocycles. The third-order valence-electron chi connectivity index (χ3n) is 0.694. The van der Waals surface area contributed by atoms with Gasteiger partial charge in [0.25, 0.3) is 0 Å². The third-order valence-corrected chi connectivity index (χ3v) is 0.937. The van der Waals surface area contributed by atoms with Crippen LogP contribution in [0.15, 0.2) is 11.3 Å². The number of halogens is 1. The van der Waals surface area contributed by atoms with Crippen LogP contribution in [0.2, 0.25) is 0 Å². The summed E-state index contributed by atoms with van der Waals surface area (Å²) in [4.78, 5) is 0. The molecule has 7 heavy (non-hydrogen) atoms. The van der Waals surface area contributed by atoms with Crippen LogP contribution in [0.5, 0.6) is 0 Å². The number of hydrogen-bond donors (Lipinski definition) is 0. The molecular weight excluding hydrogens is 115 g/mol. The highest BCUT2D eigenvalue weighted by molar-refractivity contribution is 6.25. The van der Waals surface area contributed by atoms with Crippen LogP contribution in [0.25, 0.3) is 0 Å². The normalized spacial score (nSPS) is 25.6. The lowest BCUT2D eigenvalue weighted by molar-refractivity contribution is 0.0801. The Morgan fingerprint density at radius 2 is 2.57 bits per heavy atom. The third kappa shape index (κ3) is 1.08. The molecule has 0 aromatic rings. The van der Waals surface area contributed by atoms with Crippen molar-refractivity contribution in [2.75, 3.05) is 13.4 Å². The van der Waals surface area contributed by atoms with Gasteiger partial charge in [-0.1, -0.05) is 11.6 Å². The van der Waals surface area contributed by atoms with Crippen LogP contribution in [0.3, 0.4) is 0 Å². The summed E-state index contributed by atoms with van der Waals surface area (Å²) in [6.07, 6.45) is 0. The summed E-state index contributed by atoms with van der Waals surface area (Å²) in [5.41, 5.74) is 1.38. The molecule has 0 radical (unpaired) electrons. The van der Waals surface area contributed by atoms with E-state index in [0.717, 1.165) is 0 Å². The fourth-order valence-electron chi connectivity index (χ4n) is 0.364. The average Bonchev–Trinajstić information content (AvgIpc) is 2.14. The van der Waals surface area contributed by atoms with Gasteiger partial charge in [0, 0.05) is 5.54 Å². The van der Waals surface area contributed by atoms with Gasteiger partial charge in [-0.2, -0.15) is 0 Å². The molecule has 1 heterocycles. The Hall–Kier alpha value is -0.210. The quantitative estimate of drug-likeness (QED) is 0.476. The molecule has 0 aliphatic carbocycles. The minimum absolute atomic E-state index is 0.346. The van der Waals surface area contributed by atoms with Gasteiger partial charge in [0.15, 0.2) is 6.79 Å². The number of rotatable bonds is 0. The Morgan fingerprint density at radius 3 is 2.86 bits per heavy atom. The van der Waals surface area contributed by atoms with E-state index in [1.165, 1.54) is 5.54 Å². The molecule has 1 saturated heterocycles. The molecule has 3 heteroatoms. The van der Waals surface area contributed by atoms with E-state index in [4.69, 9.17) is 21.1 Å². The molecular formula is C4H5ClO2. The van der Waals surface area contributed by atoms with E-state index < -0.39 is 0 Å². The molecule has 0 bridgehead atoms. The molecule has 1 aliphatic heterocycles. The van der Waals surface area contributed by atoms with E-state index in [1.54, 1.807) is 0 Å². The van der Waals surface area contributed by atoms with Crippen molar-refractivity contribution in [1.82, 2.24) is 0 Å². The summed E-state index contributed by atoms with van der Waals surface area (Å²) in [7, 11) is 0. The Morgan fingerprint density at radius 1 is 1.71 bits per heavy atom. The van der Waals surface area contributed by atoms with Crippen molar-refractivity contribution in [1.29, 1.82) is 0 Å². The first-order chi connectivity index (χ1) is 3.43. The van der Waals surface area contributed by atoms with Gasteiger partial charge in [0.05, 0.1) is 0 Å². The van der Waals surface area contributed by atoms with E-state index in [2.05, 4.69) is 0 Å². The lowest BCUT2D eigenvalue weighted by atomic mass is 10.6. The SMILES string of the molecule is Cl/C=C1\COCO1. The smallest absolute Gasteiger partial charge is 0.189 e. The van der Waals surface area contributed by atoms with Crippen molar-refractivity contribution < 1.29 is 9.47 Å². The first kappa shape index (κ1) is 4.94. The highest BCUT2D eigenvalue weighted by atomic mass is 35.5. The standard InChI is InChI=1S/C4H5ClO2/c5-1-4-2-6-3-7-4/h1H,2-3H2/b4-1+. The summed E-state index contributed by atoms with van der Waals surface area (Å²) < 4.78 is 9.58. The summed E-state index contributed by atoms with van der Waals surface area (Å²) in [5.74, 6) is 0.710. The van der Waals surface area contributed by atoms with Crippen molar-refractivity contribution in [3.8, 4) is 0 Å². The molecule has 40 valence electrons. The molecule has 0 aromatic heterocycles. The molecule has 1 rings (SSSR count). The van der Waals surface area contributed by atoms with E-state index in [-0.39, 0.29) is 0 Å². The van der Waals surface area contributed by atoms with Gasteiger partial charge in [-0.25, -0.2) is 0 Å². The Balaban J connectivity index is 2.41. The molecule has 0 unspecified atom stereocenters. The fraction of sp³-hybridized carbons (Fsp3) is 0.500. The van der Waals surface area contributed by atoms with Crippen molar-refractivity contribution in [2.45, 2.75) is 0 Å². The second-order valence-electron chi connectivity index (χ2n) is 1.19. The maximum atomic E-state index is 5.24. The molecule has 0 N–H and O–H groups in total. The Labute approximate surface area is 46.7 Å². The largest absolute Gasteiger partial charge is 0.468 e. The van der Waals surface area contributed by atoms with Crippen LogP contribution in [-0.4, -0.2) is 13.4 Å². The molecule has 0 spiro atoms. The highest BCUT2D eigenvalue weighted by Gasteiger charge is 2.04. The monoisotopic (exact) mass is 120 g/mol. The second-order valence-corrected chi connectivity index (χ2v) is 1.40. The van der Waals surface area contributed by atoms with Gasteiger partial charge in [-0.05, 0) is 0 Å². The van der Waals surface area contributed by atoms with Crippen LogP contribution in [0, 0.1) is 0 Å². The fourth-order valence-corrected chi connectivity index (χ4v) is 0.490. The van der Waals surface area contributed by atoms with Gasteiger partial charge in [-0.3, -0.25) is 0 Å². The average molecular weight is 121 g/mol. The first-order valence-electron chi connectivity index (χ1n) is 1.93. The lowest BCUT2D eigenvalue weighted by Crippen LogP contribution is -1.77. The zero-order chi connectivity index (χ0) is 5.11. The molecule has 0 aromatic carbocycles. The molecule has 1 fully saturated rings. The van der Waals surface area contributed by atoms with Crippen LogP contribution >= 0.6 is 11.6 Å². The van der Waals surface area contributed by atoms with Crippen LogP contribution < -0.4 is 0 Å². The minimum Gasteiger partial charge on any atom is -0.468 e. The second kappa shape index (κ2) is 2.19. The van der Waals surface area contributed by atoms with E-state index in [9.17, 15) is 0 Å². The molecule has 1 aliphatic rings. The van der Waals surface area contributed by atoms with Crippen LogP contribution in [0.4, 0.5) is 0 Å². The van der Waals surface area contributed by atoms with Crippen molar-refractivity contribution in [3.63, 3.8) is 0 Å². The Bertz CT molecular complexity index is 81.7. The van der Waals surface area contributed by atoms with E-state index in [0.29, 0.717) is 19.2 Å². The zero-order valence-electron chi connectivity index (χ0n) is 3.69. The van der Waals surface area contributed by atoms with Gasteiger partial charge < -0.3 is 9.47 Å². The maximum Gasteiger partial charge on any atom is 0.189 e. The van der Waals surface area contributed by atoms with Crippen molar-refractivity contribution >= 4 is 11.6 Å². The maximum absolute atomic E-state index is 5.24. The van der Waals surface area contributed by atoms with Crippen LogP contribution in [-0.2, 0) is 9.47 Å². The van der Waals surface area contributed by atoms with E-state index in [1.807, 2.05) is 0 Å². The number of hydrogen-bond acceptors (Lipinski definition) is 2. The Kier molecular flexibility index (Phi) is 1.54. The predicted octanol–water partition coefficient (Wildman–Crippen LogP) is 1.07.